The molecule has 2 heterocycles. The second kappa shape index (κ2) is 6.05. The second-order valence-electron chi connectivity index (χ2n) is 4.41. The summed E-state index contributed by atoms with van der Waals surface area (Å²) in [7, 11) is 0. The highest BCUT2D eigenvalue weighted by molar-refractivity contribution is 8.18. The van der Waals surface area contributed by atoms with E-state index in [1.807, 2.05) is 37.3 Å². The number of rotatable bonds is 2. The van der Waals surface area contributed by atoms with Crippen molar-refractivity contribution in [3.8, 4) is 0 Å². The number of nitrogens with one attached hydrogen (secondary N) is 1. The number of carbonyl (C=O) groups is 1. The number of aryl methyl sites for hydroxylation is 1. The molecule has 1 fully saturated rings. The van der Waals surface area contributed by atoms with Crippen molar-refractivity contribution in [2.24, 2.45) is 4.99 Å². The monoisotopic (exact) mass is 334 g/mol. The Bertz CT molecular complexity index is 765. The Kier molecular flexibility index (Phi) is 4.14. The van der Waals surface area contributed by atoms with Gasteiger partial charge >= 0.3 is 0 Å². The molecule has 1 aliphatic rings. The van der Waals surface area contributed by atoms with Crippen LogP contribution in [-0.2, 0) is 4.79 Å². The Morgan fingerprint density at radius 2 is 2.14 bits per heavy atom. The smallest absolute Gasteiger partial charge is 0.264 e. The first-order valence-electron chi connectivity index (χ1n) is 6.22. The molecule has 1 aliphatic heterocycles. The van der Waals surface area contributed by atoms with Crippen molar-refractivity contribution in [3.63, 3.8) is 0 Å². The van der Waals surface area contributed by atoms with Crippen LogP contribution in [0.15, 0.2) is 46.3 Å². The normalized spacial score (nSPS) is 18.5. The molecule has 6 heteroatoms. The number of amidine groups is 1. The third-order valence-corrected chi connectivity index (χ3v) is 4.82. The quantitative estimate of drug-likeness (QED) is 0.815. The highest BCUT2D eigenvalue weighted by Crippen LogP contribution is 2.30. The minimum Gasteiger partial charge on any atom is -0.300 e. The van der Waals surface area contributed by atoms with E-state index in [1.54, 1.807) is 23.5 Å². The third-order valence-electron chi connectivity index (χ3n) is 2.72. The molecule has 0 aliphatic carbocycles. The lowest BCUT2D eigenvalue weighted by atomic mass is 10.3. The molecule has 3 rings (SSSR count). The molecule has 0 atom stereocenters. The Morgan fingerprint density at radius 3 is 2.86 bits per heavy atom. The van der Waals surface area contributed by atoms with E-state index in [0.717, 1.165) is 10.6 Å². The number of aliphatic imine (C=N–C) groups is 1. The largest absolute Gasteiger partial charge is 0.300 e. The SMILES string of the molecule is Cc1ccc(C=C2SC(=Nc3cccc(Cl)c3)NC2=O)s1. The van der Waals surface area contributed by atoms with Gasteiger partial charge in [0.25, 0.3) is 5.91 Å². The van der Waals surface area contributed by atoms with Gasteiger partial charge in [0.2, 0.25) is 0 Å². The molecule has 1 N–H and O–H groups in total. The van der Waals surface area contributed by atoms with Crippen LogP contribution in [0.4, 0.5) is 5.69 Å². The van der Waals surface area contributed by atoms with Crippen LogP contribution < -0.4 is 5.32 Å². The summed E-state index contributed by atoms with van der Waals surface area (Å²) in [4.78, 5) is 19.3. The van der Waals surface area contributed by atoms with Crippen molar-refractivity contribution < 1.29 is 4.79 Å². The van der Waals surface area contributed by atoms with E-state index in [-0.39, 0.29) is 5.91 Å². The van der Waals surface area contributed by atoms with E-state index in [9.17, 15) is 4.79 Å². The van der Waals surface area contributed by atoms with Gasteiger partial charge in [0.05, 0.1) is 10.6 Å². The predicted molar refractivity (Wildman–Crippen MR) is 91.3 cm³/mol. The van der Waals surface area contributed by atoms with E-state index in [0.29, 0.717) is 15.1 Å². The van der Waals surface area contributed by atoms with Crippen LogP contribution in [0.5, 0.6) is 0 Å². The predicted octanol–water partition coefficient (Wildman–Crippen LogP) is 4.60. The molecule has 1 amide bonds. The van der Waals surface area contributed by atoms with Crippen molar-refractivity contribution in [1.29, 1.82) is 0 Å². The number of hydrogen-bond acceptors (Lipinski definition) is 4. The average molecular weight is 335 g/mol. The minimum absolute atomic E-state index is 0.119. The van der Waals surface area contributed by atoms with E-state index in [2.05, 4.69) is 10.3 Å². The number of nitrogens with zero attached hydrogens (tertiary/aromatic N) is 1. The van der Waals surface area contributed by atoms with Crippen LogP contribution in [0.3, 0.4) is 0 Å². The van der Waals surface area contributed by atoms with Gasteiger partial charge in [-0.1, -0.05) is 17.7 Å². The fourth-order valence-corrected chi connectivity index (χ4v) is 3.72. The summed E-state index contributed by atoms with van der Waals surface area (Å²) < 4.78 is 0. The highest BCUT2D eigenvalue weighted by atomic mass is 35.5. The number of hydrogen-bond donors (Lipinski definition) is 1. The lowest BCUT2D eigenvalue weighted by Crippen LogP contribution is -2.19. The van der Waals surface area contributed by atoms with Crippen LogP contribution >= 0.6 is 34.7 Å². The zero-order chi connectivity index (χ0) is 14.8. The maximum Gasteiger partial charge on any atom is 0.264 e. The van der Waals surface area contributed by atoms with Crippen LogP contribution in [0.2, 0.25) is 5.02 Å². The first-order chi connectivity index (χ1) is 10.1. The molecule has 106 valence electrons. The topological polar surface area (TPSA) is 41.5 Å². The summed E-state index contributed by atoms with van der Waals surface area (Å²) in [5.41, 5.74) is 0.721. The Hall–Kier alpha value is -1.56. The molecule has 1 saturated heterocycles. The summed E-state index contributed by atoms with van der Waals surface area (Å²) >= 11 is 8.92. The Labute approximate surface area is 135 Å². The van der Waals surface area contributed by atoms with Gasteiger partial charge in [-0.3, -0.25) is 4.79 Å². The molecule has 1 aromatic heterocycles. The van der Waals surface area contributed by atoms with Crippen molar-refractivity contribution in [3.05, 3.63) is 56.1 Å². The zero-order valence-electron chi connectivity index (χ0n) is 11.1. The van der Waals surface area contributed by atoms with Gasteiger partial charge in [-0.25, -0.2) is 4.99 Å². The summed E-state index contributed by atoms with van der Waals surface area (Å²) in [5, 5.41) is 3.96. The van der Waals surface area contributed by atoms with Crippen LogP contribution in [-0.4, -0.2) is 11.1 Å². The Morgan fingerprint density at radius 1 is 1.29 bits per heavy atom. The molecule has 1 aromatic carbocycles. The van der Waals surface area contributed by atoms with Crippen molar-refractivity contribution in [1.82, 2.24) is 5.32 Å². The van der Waals surface area contributed by atoms with Crippen LogP contribution in [0.25, 0.3) is 6.08 Å². The molecule has 0 radical (unpaired) electrons. The fourth-order valence-electron chi connectivity index (χ4n) is 1.80. The lowest BCUT2D eigenvalue weighted by Gasteiger charge is -1.96. The molecular weight excluding hydrogens is 324 g/mol. The fraction of sp³-hybridized carbons (Fsp3) is 0.0667. The number of halogens is 1. The molecule has 3 nitrogen and oxygen atoms in total. The molecule has 0 spiro atoms. The van der Waals surface area contributed by atoms with Gasteiger partial charge in [-0.05, 0) is 55.1 Å². The first-order valence-corrected chi connectivity index (χ1v) is 8.23. The van der Waals surface area contributed by atoms with Gasteiger partial charge in [-0.15, -0.1) is 11.3 Å². The molecule has 0 unspecified atom stereocenters. The standard InChI is InChI=1S/C15H11ClN2OS2/c1-9-5-6-12(20-9)8-13-14(19)18-15(21-13)17-11-4-2-3-10(16)7-11/h2-8H,1H3,(H,17,18,19). The molecule has 2 aromatic rings. The van der Waals surface area contributed by atoms with E-state index < -0.39 is 0 Å². The summed E-state index contributed by atoms with van der Waals surface area (Å²) in [6.45, 7) is 2.04. The molecule has 0 saturated carbocycles. The molecular formula is C15H11ClN2OS2. The van der Waals surface area contributed by atoms with Crippen LogP contribution in [0, 0.1) is 6.92 Å². The minimum atomic E-state index is -0.119. The Balaban J connectivity index is 1.83. The first kappa shape index (κ1) is 14.4. The van der Waals surface area contributed by atoms with E-state index in [1.165, 1.54) is 16.6 Å². The summed E-state index contributed by atoms with van der Waals surface area (Å²) in [6, 6.07) is 11.3. The van der Waals surface area contributed by atoms with Gasteiger partial charge < -0.3 is 5.32 Å². The van der Waals surface area contributed by atoms with Crippen molar-refractivity contribution in [2.75, 3.05) is 0 Å². The summed E-state index contributed by atoms with van der Waals surface area (Å²) in [5.74, 6) is -0.119. The number of carbonyl (C=O) groups excluding carboxylic acids is 1. The number of thioether (sulfide) groups is 1. The zero-order valence-corrected chi connectivity index (χ0v) is 13.5. The highest BCUT2D eigenvalue weighted by Gasteiger charge is 2.23. The average Bonchev–Trinajstić information content (AvgIpc) is 2.97. The van der Waals surface area contributed by atoms with Crippen molar-refractivity contribution >= 4 is 57.5 Å². The van der Waals surface area contributed by atoms with Gasteiger partial charge in [0.15, 0.2) is 5.17 Å². The van der Waals surface area contributed by atoms with Gasteiger partial charge in [0.1, 0.15) is 0 Å². The number of thiophene rings is 1. The molecule has 21 heavy (non-hydrogen) atoms. The number of benzene rings is 1. The lowest BCUT2D eigenvalue weighted by molar-refractivity contribution is -0.115. The van der Waals surface area contributed by atoms with Gasteiger partial charge in [0, 0.05) is 14.8 Å². The number of amides is 1. The van der Waals surface area contributed by atoms with Crippen molar-refractivity contribution in [2.45, 2.75) is 6.92 Å². The summed E-state index contributed by atoms with van der Waals surface area (Å²) in [6.07, 6.45) is 1.89. The third kappa shape index (κ3) is 3.56. The second-order valence-corrected chi connectivity index (χ2v) is 7.20. The maximum atomic E-state index is 12.0. The van der Waals surface area contributed by atoms with E-state index >= 15 is 0 Å². The van der Waals surface area contributed by atoms with Gasteiger partial charge in [-0.2, -0.15) is 0 Å². The van der Waals surface area contributed by atoms with E-state index in [4.69, 9.17) is 11.6 Å². The maximum absolute atomic E-state index is 12.0. The van der Waals surface area contributed by atoms with Crippen LogP contribution in [0.1, 0.15) is 9.75 Å². The molecule has 0 bridgehead atoms.